The van der Waals surface area contributed by atoms with Crippen LogP contribution in [0.5, 0.6) is 5.88 Å². The fraction of sp³-hybridized carbons (Fsp3) is 0.429. The van der Waals surface area contributed by atoms with Crippen LogP contribution in [0.4, 0.5) is 0 Å². The van der Waals surface area contributed by atoms with E-state index in [-0.39, 0.29) is 17.4 Å². The number of hydrogen-bond acceptors (Lipinski definition) is 3. The average molecular weight is 170 g/mol. The molecule has 1 aromatic rings. The van der Waals surface area contributed by atoms with Gasteiger partial charge in [0.1, 0.15) is 0 Å². The Labute approximate surface area is 68.9 Å². The van der Waals surface area contributed by atoms with Gasteiger partial charge in [-0.15, -0.1) is 0 Å². The molecule has 0 bridgehead atoms. The van der Waals surface area contributed by atoms with E-state index in [0.717, 1.165) is 0 Å². The van der Waals surface area contributed by atoms with Crippen molar-refractivity contribution in [3.63, 3.8) is 0 Å². The molecule has 12 heavy (non-hydrogen) atoms. The molecule has 0 fully saturated rings. The van der Waals surface area contributed by atoms with Gasteiger partial charge in [-0.2, -0.15) is 0 Å². The Morgan fingerprint density at radius 2 is 2.42 bits per heavy atom. The lowest BCUT2D eigenvalue weighted by molar-refractivity contribution is -0.134. The molecule has 0 aliphatic heterocycles. The van der Waals surface area contributed by atoms with E-state index in [1.54, 1.807) is 14.0 Å². The quantitative estimate of drug-likeness (QED) is 0.637. The Morgan fingerprint density at radius 3 is 2.83 bits per heavy atom. The van der Waals surface area contributed by atoms with E-state index in [1.807, 2.05) is 0 Å². The van der Waals surface area contributed by atoms with Crippen molar-refractivity contribution in [2.75, 3.05) is 0 Å². The molecular formula is C7H10N2O3. The molecule has 0 atom stereocenters. The highest BCUT2D eigenvalue weighted by atomic mass is 16.5. The molecular weight excluding hydrogens is 160 g/mol. The zero-order chi connectivity index (χ0) is 9.14. The summed E-state index contributed by atoms with van der Waals surface area (Å²) >= 11 is 0. The van der Waals surface area contributed by atoms with Crippen LogP contribution in [0.25, 0.3) is 0 Å². The summed E-state index contributed by atoms with van der Waals surface area (Å²) in [4.78, 5) is 21.5. The van der Waals surface area contributed by atoms with Crippen molar-refractivity contribution >= 4 is 5.97 Å². The molecule has 66 valence electrons. The standard InChI is InChI=1S/C7H10N2O3/c1-3-7(11)12-6-4-5(10)8-9(6)2/h4H,3H2,1-2H3,(H,8,10). The lowest BCUT2D eigenvalue weighted by Gasteiger charge is -2.00. The van der Waals surface area contributed by atoms with Crippen molar-refractivity contribution in [2.24, 2.45) is 7.05 Å². The van der Waals surface area contributed by atoms with Gasteiger partial charge in [0.25, 0.3) is 5.56 Å². The first kappa shape index (κ1) is 8.58. The summed E-state index contributed by atoms with van der Waals surface area (Å²) in [5.74, 6) is -0.114. The van der Waals surface area contributed by atoms with Crippen molar-refractivity contribution in [3.8, 4) is 5.88 Å². The van der Waals surface area contributed by atoms with E-state index < -0.39 is 0 Å². The van der Waals surface area contributed by atoms with Gasteiger partial charge < -0.3 is 4.74 Å². The number of nitrogens with one attached hydrogen (secondary N) is 1. The summed E-state index contributed by atoms with van der Waals surface area (Å²) in [6, 6.07) is 1.23. The highest BCUT2D eigenvalue weighted by Crippen LogP contribution is 2.04. The molecule has 5 nitrogen and oxygen atoms in total. The Balaban J connectivity index is 2.82. The molecule has 5 heteroatoms. The number of ether oxygens (including phenoxy) is 1. The molecule has 0 amide bonds. The van der Waals surface area contributed by atoms with Crippen molar-refractivity contribution in [3.05, 3.63) is 16.4 Å². The molecule has 0 aliphatic carbocycles. The van der Waals surface area contributed by atoms with Gasteiger partial charge in [-0.05, 0) is 0 Å². The van der Waals surface area contributed by atoms with Crippen LogP contribution in [0, 0.1) is 0 Å². The largest absolute Gasteiger partial charge is 0.408 e. The normalized spacial score (nSPS) is 9.83. The lowest BCUT2D eigenvalue weighted by Crippen LogP contribution is -2.08. The molecule has 0 saturated heterocycles. The van der Waals surface area contributed by atoms with Crippen molar-refractivity contribution in [1.29, 1.82) is 0 Å². The van der Waals surface area contributed by atoms with Gasteiger partial charge in [0.2, 0.25) is 5.88 Å². The van der Waals surface area contributed by atoms with Crippen LogP contribution in [-0.4, -0.2) is 15.7 Å². The van der Waals surface area contributed by atoms with Crippen LogP contribution >= 0.6 is 0 Å². The van der Waals surface area contributed by atoms with E-state index in [4.69, 9.17) is 4.74 Å². The highest BCUT2D eigenvalue weighted by molar-refractivity contribution is 5.71. The number of rotatable bonds is 2. The molecule has 0 saturated carbocycles. The van der Waals surface area contributed by atoms with Crippen LogP contribution in [-0.2, 0) is 11.8 Å². The second kappa shape index (κ2) is 3.25. The van der Waals surface area contributed by atoms with E-state index in [1.165, 1.54) is 10.7 Å². The maximum atomic E-state index is 10.8. The van der Waals surface area contributed by atoms with Crippen molar-refractivity contribution < 1.29 is 9.53 Å². The summed E-state index contributed by atoms with van der Waals surface area (Å²) in [7, 11) is 1.60. The predicted molar refractivity (Wildman–Crippen MR) is 42.0 cm³/mol. The van der Waals surface area contributed by atoms with Crippen LogP contribution < -0.4 is 10.3 Å². The van der Waals surface area contributed by atoms with Gasteiger partial charge in [-0.1, -0.05) is 6.92 Å². The number of aryl methyl sites for hydroxylation is 1. The van der Waals surface area contributed by atoms with E-state index >= 15 is 0 Å². The van der Waals surface area contributed by atoms with Gasteiger partial charge in [0, 0.05) is 13.5 Å². The second-order valence-corrected chi connectivity index (χ2v) is 2.35. The van der Waals surface area contributed by atoms with Crippen LogP contribution in [0.3, 0.4) is 0 Å². The molecule has 1 aromatic heterocycles. The molecule has 0 unspecified atom stereocenters. The fourth-order valence-electron chi connectivity index (χ4n) is 0.748. The first-order valence-electron chi connectivity index (χ1n) is 3.60. The monoisotopic (exact) mass is 170 g/mol. The maximum absolute atomic E-state index is 10.8. The first-order valence-corrected chi connectivity index (χ1v) is 3.60. The predicted octanol–water partition coefficient (Wildman–Crippen LogP) is 0.0288. The highest BCUT2D eigenvalue weighted by Gasteiger charge is 2.05. The minimum Gasteiger partial charge on any atom is -0.408 e. The number of carbonyl (C=O) groups excluding carboxylic acids is 1. The average Bonchev–Trinajstić information content (AvgIpc) is 2.30. The van der Waals surface area contributed by atoms with Crippen LogP contribution in [0.2, 0.25) is 0 Å². The van der Waals surface area contributed by atoms with Crippen molar-refractivity contribution in [2.45, 2.75) is 13.3 Å². The number of aromatic nitrogens is 2. The zero-order valence-corrected chi connectivity index (χ0v) is 6.96. The SMILES string of the molecule is CCC(=O)Oc1cc(=O)[nH]n1C. The number of carbonyl (C=O) groups is 1. The minimum absolute atomic E-state index is 0.242. The molecule has 1 N–H and O–H groups in total. The second-order valence-electron chi connectivity index (χ2n) is 2.35. The third-order valence-corrected chi connectivity index (χ3v) is 1.37. The fourth-order valence-corrected chi connectivity index (χ4v) is 0.748. The molecule has 0 radical (unpaired) electrons. The third-order valence-electron chi connectivity index (χ3n) is 1.37. The Bertz CT molecular complexity index is 337. The summed E-state index contributed by atoms with van der Waals surface area (Å²) in [5.41, 5.74) is -0.281. The van der Waals surface area contributed by atoms with Gasteiger partial charge in [-0.3, -0.25) is 19.4 Å². The number of nitrogens with zero attached hydrogens (tertiary/aromatic N) is 1. The summed E-state index contributed by atoms with van der Waals surface area (Å²) in [6.07, 6.45) is 0.291. The lowest BCUT2D eigenvalue weighted by atomic mass is 10.5. The van der Waals surface area contributed by atoms with Gasteiger partial charge >= 0.3 is 5.97 Å². The van der Waals surface area contributed by atoms with Gasteiger partial charge in [0.05, 0.1) is 6.07 Å². The zero-order valence-electron chi connectivity index (χ0n) is 6.96. The van der Waals surface area contributed by atoms with E-state index in [2.05, 4.69) is 5.10 Å². The number of hydrogen-bond donors (Lipinski definition) is 1. The Morgan fingerprint density at radius 1 is 1.75 bits per heavy atom. The van der Waals surface area contributed by atoms with E-state index in [9.17, 15) is 9.59 Å². The molecule has 1 heterocycles. The summed E-state index contributed by atoms with van der Waals surface area (Å²) in [5, 5.41) is 2.42. The minimum atomic E-state index is -0.357. The van der Waals surface area contributed by atoms with Gasteiger partial charge in [-0.25, -0.2) is 0 Å². The molecule has 0 aliphatic rings. The molecule has 0 spiro atoms. The first-order chi connectivity index (χ1) is 5.63. The third kappa shape index (κ3) is 1.75. The maximum Gasteiger partial charge on any atom is 0.312 e. The Kier molecular flexibility index (Phi) is 2.32. The number of esters is 1. The Hall–Kier alpha value is -1.52. The summed E-state index contributed by atoms with van der Waals surface area (Å²) < 4.78 is 6.16. The van der Waals surface area contributed by atoms with Crippen LogP contribution in [0.1, 0.15) is 13.3 Å². The summed E-state index contributed by atoms with van der Waals surface area (Å²) in [6.45, 7) is 1.69. The topological polar surface area (TPSA) is 64.1 Å². The number of aromatic amines is 1. The van der Waals surface area contributed by atoms with Crippen molar-refractivity contribution in [1.82, 2.24) is 9.78 Å². The molecule has 0 aromatic carbocycles. The molecule has 1 rings (SSSR count). The van der Waals surface area contributed by atoms with E-state index in [0.29, 0.717) is 6.42 Å². The van der Waals surface area contributed by atoms with Gasteiger partial charge in [0.15, 0.2) is 0 Å². The van der Waals surface area contributed by atoms with Crippen LogP contribution in [0.15, 0.2) is 10.9 Å². The number of H-pyrrole nitrogens is 1. The smallest absolute Gasteiger partial charge is 0.312 e.